The molecule has 1 amide bonds. The van der Waals surface area contributed by atoms with Crippen molar-refractivity contribution < 1.29 is 4.79 Å². The second-order valence-electron chi connectivity index (χ2n) is 12.1. The fourth-order valence-corrected chi connectivity index (χ4v) is 5.90. The van der Waals surface area contributed by atoms with Gasteiger partial charge in [-0.05, 0) is 75.2 Å². The maximum atomic E-state index is 13.3. The van der Waals surface area contributed by atoms with Crippen LogP contribution in [0, 0.1) is 18.3 Å². The lowest BCUT2D eigenvalue weighted by Crippen LogP contribution is -2.50. The van der Waals surface area contributed by atoms with E-state index in [1.807, 2.05) is 16.8 Å². The van der Waals surface area contributed by atoms with Crippen LogP contribution >= 0.6 is 0 Å². The molecule has 6 rings (SSSR count). The van der Waals surface area contributed by atoms with Gasteiger partial charge in [0.25, 0.3) is 5.91 Å². The van der Waals surface area contributed by atoms with Crippen LogP contribution in [0.3, 0.4) is 0 Å². The lowest BCUT2D eigenvalue weighted by atomic mass is 9.65. The molecule has 1 aromatic carbocycles. The first-order valence-electron chi connectivity index (χ1n) is 13.8. The summed E-state index contributed by atoms with van der Waals surface area (Å²) < 4.78 is 3.47. The summed E-state index contributed by atoms with van der Waals surface area (Å²) in [6, 6.07) is 12.8. The first-order chi connectivity index (χ1) is 18.3. The summed E-state index contributed by atoms with van der Waals surface area (Å²) in [7, 11) is 0. The highest BCUT2D eigenvalue weighted by Gasteiger charge is 2.41. The highest BCUT2D eigenvalue weighted by atomic mass is 16.1. The lowest BCUT2D eigenvalue weighted by Gasteiger charge is -2.50. The standard InChI is InChI=1S/C30H37N7O/c1-20-6-8-23(9-7-20)37-27(33-29(38)25-19-32-36-13-5-12-31-28(25)36)18-26(34-37)21-10-14-35(15-11-21)24-16-22(17-24)30(2,3)4/h5-9,12-13,18-19,21-22,24H,10-11,14-17H2,1-4H3,(H,33,38). The first-order valence-corrected chi connectivity index (χ1v) is 13.8. The summed E-state index contributed by atoms with van der Waals surface area (Å²) in [6.07, 6.45) is 9.84. The van der Waals surface area contributed by atoms with Gasteiger partial charge in [0.05, 0.1) is 17.6 Å². The predicted molar refractivity (Wildman–Crippen MR) is 149 cm³/mol. The Hall–Kier alpha value is -3.52. The summed E-state index contributed by atoms with van der Waals surface area (Å²) in [6.45, 7) is 11.4. The van der Waals surface area contributed by atoms with Crippen LogP contribution in [0.25, 0.3) is 11.3 Å². The summed E-state index contributed by atoms with van der Waals surface area (Å²) >= 11 is 0. The number of rotatable bonds is 5. The molecule has 4 aromatic rings. The van der Waals surface area contributed by atoms with Crippen LogP contribution in [-0.2, 0) is 0 Å². The molecule has 2 aliphatic rings. The molecule has 0 radical (unpaired) electrons. The van der Waals surface area contributed by atoms with Gasteiger partial charge in [-0.2, -0.15) is 10.2 Å². The Kier molecular flexibility index (Phi) is 6.30. The molecule has 3 aromatic heterocycles. The maximum Gasteiger partial charge on any atom is 0.262 e. The van der Waals surface area contributed by atoms with E-state index in [0.29, 0.717) is 28.4 Å². The minimum atomic E-state index is -0.244. The number of fused-ring (bicyclic) bond motifs is 1. The van der Waals surface area contributed by atoms with E-state index in [1.54, 1.807) is 29.2 Å². The topological polar surface area (TPSA) is 80.4 Å². The summed E-state index contributed by atoms with van der Waals surface area (Å²) in [5.74, 6) is 1.64. The fourth-order valence-electron chi connectivity index (χ4n) is 5.90. The summed E-state index contributed by atoms with van der Waals surface area (Å²) in [5, 5.41) is 12.4. The van der Waals surface area contributed by atoms with Crippen molar-refractivity contribution in [3.8, 4) is 5.69 Å². The Morgan fingerprint density at radius 3 is 2.53 bits per heavy atom. The average Bonchev–Trinajstić information content (AvgIpc) is 3.48. The van der Waals surface area contributed by atoms with E-state index in [-0.39, 0.29) is 5.91 Å². The third-order valence-corrected chi connectivity index (χ3v) is 8.57. The van der Waals surface area contributed by atoms with Crippen LogP contribution in [0.2, 0.25) is 0 Å². The van der Waals surface area contributed by atoms with E-state index >= 15 is 0 Å². The molecule has 1 aliphatic heterocycles. The number of carbonyl (C=O) groups excluding carboxylic acids is 1. The smallest absolute Gasteiger partial charge is 0.262 e. The van der Waals surface area contributed by atoms with Crippen LogP contribution in [0.15, 0.2) is 55.0 Å². The summed E-state index contributed by atoms with van der Waals surface area (Å²) in [4.78, 5) is 20.3. The number of piperidine rings is 1. The Balaban J connectivity index is 1.21. The van der Waals surface area contributed by atoms with Crippen molar-refractivity contribution in [2.75, 3.05) is 18.4 Å². The van der Waals surface area contributed by atoms with E-state index in [0.717, 1.165) is 49.3 Å². The second-order valence-corrected chi connectivity index (χ2v) is 12.1. The normalized spacial score (nSPS) is 20.9. The van der Waals surface area contributed by atoms with Gasteiger partial charge in [-0.3, -0.25) is 4.79 Å². The third-order valence-electron chi connectivity index (χ3n) is 8.57. The van der Waals surface area contributed by atoms with Crippen molar-refractivity contribution in [2.45, 2.75) is 65.3 Å². The number of nitrogens with one attached hydrogen (secondary N) is 1. The lowest BCUT2D eigenvalue weighted by molar-refractivity contribution is 0.00893. The summed E-state index contributed by atoms with van der Waals surface area (Å²) in [5.41, 5.74) is 4.53. The van der Waals surface area contributed by atoms with Gasteiger partial charge in [-0.1, -0.05) is 38.5 Å². The third kappa shape index (κ3) is 4.73. The number of aryl methyl sites for hydroxylation is 1. The molecule has 1 aliphatic carbocycles. The van der Waals surface area contributed by atoms with Gasteiger partial charge in [0.15, 0.2) is 5.65 Å². The number of nitrogens with zero attached hydrogens (tertiary/aromatic N) is 6. The van der Waals surface area contributed by atoms with E-state index < -0.39 is 0 Å². The first kappa shape index (κ1) is 24.8. The number of hydrogen-bond acceptors (Lipinski definition) is 5. The molecule has 198 valence electrons. The van der Waals surface area contributed by atoms with Crippen molar-refractivity contribution >= 4 is 17.4 Å². The molecule has 1 saturated carbocycles. The number of hydrogen-bond donors (Lipinski definition) is 1. The van der Waals surface area contributed by atoms with Gasteiger partial charge in [0, 0.05) is 30.4 Å². The largest absolute Gasteiger partial charge is 0.306 e. The molecular weight excluding hydrogens is 474 g/mol. The zero-order chi connectivity index (χ0) is 26.4. The number of anilines is 1. The van der Waals surface area contributed by atoms with Gasteiger partial charge in [-0.15, -0.1) is 0 Å². The molecule has 8 nitrogen and oxygen atoms in total. The van der Waals surface area contributed by atoms with Crippen molar-refractivity contribution in [3.63, 3.8) is 0 Å². The molecule has 8 heteroatoms. The monoisotopic (exact) mass is 511 g/mol. The Bertz CT molecular complexity index is 1430. The molecule has 0 bridgehead atoms. The molecule has 4 heterocycles. The van der Waals surface area contributed by atoms with E-state index in [4.69, 9.17) is 5.10 Å². The van der Waals surface area contributed by atoms with Gasteiger partial charge < -0.3 is 10.2 Å². The van der Waals surface area contributed by atoms with E-state index in [1.165, 1.54) is 18.4 Å². The van der Waals surface area contributed by atoms with Gasteiger partial charge in [0.1, 0.15) is 11.4 Å². The van der Waals surface area contributed by atoms with Gasteiger partial charge >= 0.3 is 0 Å². The van der Waals surface area contributed by atoms with Crippen LogP contribution < -0.4 is 5.32 Å². The molecule has 1 saturated heterocycles. The van der Waals surface area contributed by atoms with Gasteiger partial charge in [0.2, 0.25) is 0 Å². The second kappa shape index (κ2) is 9.66. The predicted octanol–water partition coefficient (Wildman–Crippen LogP) is 5.48. The highest BCUT2D eigenvalue weighted by molar-refractivity contribution is 6.07. The quantitative estimate of drug-likeness (QED) is 0.384. The van der Waals surface area contributed by atoms with Crippen molar-refractivity contribution in [3.05, 3.63) is 71.8 Å². The zero-order valence-electron chi connectivity index (χ0n) is 22.8. The van der Waals surface area contributed by atoms with Crippen molar-refractivity contribution in [1.29, 1.82) is 0 Å². The number of aromatic nitrogens is 5. The number of benzene rings is 1. The van der Waals surface area contributed by atoms with Crippen LogP contribution in [0.5, 0.6) is 0 Å². The zero-order valence-corrected chi connectivity index (χ0v) is 22.8. The van der Waals surface area contributed by atoms with E-state index in [9.17, 15) is 4.79 Å². The van der Waals surface area contributed by atoms with Crippen LogP contribution in [0.1, 0.15) is 74.0 Å². The van der Waals surface area contributed by atoms with E-state index in [2.05, 4.69) is 66.2 Å². The molecule has 0 unspecified atom stereocenters. The minimum Gasteiger partial charge on any atom is -0.306 e. The molecule has 0 spiro atoms. The van der Waals surface area contributed by atoms with Gasteiger partial charge in [-0.25, -0.2) is 14.2 Å². The average molecular weight is 512 g/mol. The Labute approximate surface area is 224 Å². The van der Waals surface area contributed by atoms with Crippen molar-refractivity contribution in [2.24, 2.45) is 11.3 Å². The Morgan fingerprint density at radius 1 is 1.08 bits per heavy atom. The SMILES string of the molecule is Cc1ccc(-n2nc(C3CCN(C4CC(C(C)(C)C)C4)CC3)cc2NC(=O)c2cnn3cccnc23)cc1. The number of amides is 1. The molecule has 1 N–H and O–H groups in total. The maximum absolute atomic E-state index is 13.3. The fraction of sp³-hybridized carbons (Fsp3) is 0.467. The van der Waals surface area contributed by atoms with Crippen LogP contribution in [-0.4, -0.2) is 54.3 Å². The molecule has 38 heavy (non-hydrogen) atoms. The Morgan fingerprint density at radius 2 is 1.82 bits per heavy atom. The number of likely N-dealkylation sites (tertiary alicyclic amines) is 1. The molecule has 2 fully saturated rings. The highest BCUT2D eigenvalue weighted by Crippen LogP contribution is 2.45. The molecule has 0 atom stereocenters. The molecular formula is C30H37N7O. The minimum absolute atomic E-state index is 0.244. The van der Waals surface area contributed by atoms with Crippen LogP contribution in [0.4, 0.5) is 5.82 Å². The van der Waals surface area contributed by atoms with Crippen molar-refractivity contribution in [1.82, 2.24) is 29.3 Å². The number of carbonyl (C=O) groups is 1.